The first-order valence-corrected chi connectivity index (χ1v) is 3.41. The minimum absolute atomic E-state index is 0. The maximum Gasteiger partial charge on any atom is 0.0644 e. The van der Waals surface area contributed by atoms with Gasteiger partial charge in [0.15, 0.2) is 0 Å². The number of halogens is 1. The van der Waals surface area contributed by atoms with Crippen LogP contribution in [0, 0.1) is 5.41 Å². The van der Waals surface area contributed by atoms with Crippen molar-refractivity contribution in [2.45, 2.75) is 25.0 Å². The molecule has 1 atom stereocenters. The van der Waals surface area contributed by atoms with E-state index in [1.807, 2.05) is 0 Å². The minimum atomic E-state index is 0. The zero-order valence-corrected chi connectivity index (χ0v) is 6.44. The lowest BCUT2D eigenvalue weighted by molar-refractivity contribution is 0.882. The van der Waals surface area contributed by atoms with Crippen LogP contribution in [0.1, 0.15) is 19.8 Å². The van der Waals surface area contributed by atoms with Gasteiger partial charge in [0.2, 0.25) is 0 Å². The summed E-state index contributed by atoms with van der Waals surface area (Å²) in [5.41, 5.74) is 0. The molecule has 1 heterocycles. The molecule has 0 aromatic rings. The molecule has 8 heavy (non-hydrogen) atoms. The van der Waals surface area contributed by atoms with Crippen LogP contribution in [0.2, 0.25) is 0 Å². The average molecular weight is 152 g/mol. The molecule has 48 valence electrons. The molecule has 1 rings (SSSR count). The van der Waals surface area contributed by atoms with Gasteiger partial charge in [0, 0.05) is 5.25 Å². The van der Waals surface area contributed by atoms with Gasteiger partial charge in [0.05, 0.1) is 5.04 Å². The highest BCUT2D eigenvalue weighted by Gasteiger charge is 2.14. The smallest absolute Gasteiger partial charge is 0.0644 e. The van der Waals surface area contributed by atoms with Crippen LogP contribution in [0.25, 0.3) is 0 Å². The summed E-state index contributed by atoms with van der Waals surface area (Å²) in [6, 6.07) is 0. The molecule has 0 amide bonds. The highest BCUT2D eigenvalue weighted by atomic mass is 35.5. The predicted molar refractivity (Wildman–Crippen MR) is 41.3 cm³/mol. The van der Waals surface area contributed by atoms with Crippen LogP contribution in [0.3, 0.4) is 0 Å². The summed E-state index contributed by atoms with van der Waals surface area (Å²) in [5.74, 6) is 0. The Labute approximate surface area is 60.2 Å². The molecule has 1 fully saturated rings. The maximum absolute atomic E-state index is 7.14. The number of hydrogen-bond donors (Lipinski definition) is 1. The fourth-order valence-electron chi connectivity index (χ4n) is 0.695. The summed E-state index contributed by atoms with van der Waals surface area (Å²) in [4.78, 5) is 0. The minimum Gasteiger partial charge on any atom is -0.298 e. The lowest BCUT2D eigenvalue weighted by Gasteiger charge is -1.90. The first-order valence-electron chi connectivity index (χ1n) is 2.53. The monoisotopic (exact) mass is 151 g/mol. The van der Waals surface area contributed by atoms with Gasteiger partial charge in [-0.15, -0.1) is 24.2 Å². The molecule has 1 unspecified atom stereocenters. The van der Waals surface area contributed by atoms with Crippen LogP contribution in [0.5, 0.6) is 0 Å². The molecule has 1 aliphatic heterocycles. The molecule has 1 aliphatic rings. The normalized spacial score (nSPS) is 27.6. The highest BCUT2D eigenvalue weighted by molar-refractivity contribution is 8.14. The van der Waals surface area contributed by atoms with Crippen molar-refractivity contribution in [3.63, 3.8) is 0 Å². The van der Waals surface area contributed by atoms with Crippen molar-refractivity contribution >= 4 is 29.2 Å². The Hall–Kier alpha value is 0.310. The standard InChI is InChI=1S/C5H9NS.ClH/c1-4-2-3-5(6)7-4;/h4,6H,2-3H2,1H3;1H. The SMILES string of the molecule is CC1CCC(=N)S1.Cl. The summed E-state index contributed by atoms with van der Waals surface area (Å²) in [5, 5.41) is 8.73. The zero-order chi connectivity index (χ0) is 5.28. The van der Waals surface area contributed by atoms with Gasteiger partial charge >= 0.3 is 0 Å². The van der Waals surface area contributed by atoms with E-state index < -0.39 is 0 Å². The van der Waals surface area contributed by atoms with Crippen LogP contribution >= 0.6 is 24.2 Å². The second kappa shape index (κ2) is 3.36. The van der Waals surface area contributed by atoms with Gasteiger partial charge in [0.25, 0.3) is 0 Å². The van der Waals surface area contributed by atoms with E-state index in [2.05, 4.69) is 6.92 Å². The molecule has 1 nitrogen and oxygen atoms in total. The van der Waals surface area contributed by atoms with Gasteiger partial charge in [-0.05, 0) is 12.8 Å². The summed E-state index contributed by atoms with van der Waals surface area (Å²) >= 11 is 1.70. The third-order valence-electron chi connectivity index (χ3n) is 1.12. The quantitative estimate of drug-likeness (QED) is 0.565. The molecule has 3 heteroatoms. The van der Waals surface area contributed by atoms with Gasteiger partial charge in [-0.1, -0.05) is 6.92 Å². The predicted octanol–water partition coefficient (Wildman–Crippen LogP) is 2.30. The molecule has 0 saturated carbocycles. The topological polar surface area (TPSA) is 23.9 Å². The Kier molecular flexibility index (Phi) is 3.49. The van der Waals surface area contributed by atoms with Crippen LogP contribution < -0.4 is 0 Å². The van der Waals surface area contributed by atoms with Crippen LogP contribution in [0.4, 0.5) is 0 Å². The molecule has 0 aliphatic carbocycles. The first-order chi connectivity index (χ1) is 3.29. The molecule has 1 saturated heterocycles. The van der Waals surface area contributed by atoms with Crippen molar-refractivity contribution in [1.82, 2.24) is 0 Å². The fraction of sp³-hybridized carbons (Fsp3) is 0.800. The van der Waals surface area contributed by atoms with E-state index >= 15 is 0 Å². The molecule has 0 radical (unpaired) electrons. The third kappa shape index (κ3) is 2.05. The average Bonchev–Trinajstić information content (AvgIpc) is 1.87. The van der Waals surface area contributed by atoms with Crippen molar-refractivity contribution in [2.24, 2.45) is 0 Å². The first kappa shape index (κ1) is 8.31. The summed E-state index contributed by atoms with van der Waals surface area (Å²) < 4.78 is 0. The van der Waals surface area contributed by atoms with Crippen LogP contribution in [-0.4, -0.2) is 10.3 Å². The van der Waals surface area contributed by atoms with Crippen LogP contribution in [-0.2, 0) is 0 Å². The lowest BCUT2D eigenvalue weighted by Crippen LogP contribution is -1.82. The van der Waals surface area contributed by atoms with E-state index in [9.17, 15) is 0 Å². The Bertz CT molecular complexity index is 94.4. The molecular formula is C5H10ClNS. The largest absolute Gasteiger partial charge is 0.298 e. The molecule has 0 spiro atoms. The van der Waals surface area contributed by atoms with E-state index in [1.165, 1.54) is 6.42 Å². The van der Waals surface area contributed by atoms with Crippen molar-refractivity contribution in [2.75, 3.05) is 0 Å². The number of rotatable bonds is 0. The summed E-state index contributed by atoms with van der Waals surface area (Å²) in [6.45, 7) is 2.17. The summed E-state index contributed by atoms with van der Waals surface area (Å²) in [7, 11) is 0. The zero-order valence-electron chi connectivity index (χ0n) is 4.81. The fourth-order valence-corrected chi connectivity index (χ4v) is 1.65. The Morgan fingerprint density at radius 2 is 2.38 bits per heavy atom. The van der Waals surface area contributed by atoms with Crippen molar-refractivity contribution in [3.05, 3.63) is 0 Å². The van der Waals surface area contributed by atoms with Gasteiger partial charge in [0.1, 0.15) is 0 Å². The van der Waals surface area contributed by atoms with E-state index in [4.69, 9.17) is 5.41 Å². The lowest BCUT2D eigenvalue weighted by atomic mass is 10.3. The van der Waals surface area contributed by atoms with E-state index in [-0.39, 0.29) is 12.4 Å². The van der Waals surface area contributed by atoms with Crippen molar-refractivity contribution in [1.29, 1.82) is 5.41 Å². The Morgan fingerprint density at radius 1 is 1.75 bits per heavy atom. The maximum atomic E-state index is 7.14. The van der Waals surface area contributed by atoms with E-state index in [0.717, 1.165) is 11.5 Å². The Balaban J connectivity index is 0.000000490. The Morgan fingerprint density at radius 3 is 2.50 bits per heavy atom. The summed E-state index contributed by atoms with van der Waals surface area (Å²) in [6.07, 6.45) is 2.23. The highest BCUT2D eigenvalue weighted by Crippen LogP contribution is 2.26. The molecule has 0 bridgehead atoms. The van der Waals surface area contributed by atoms with Gasteiger partial charge in [-0.3, -0.25) is 5.41 Å². The molecule has 0 aromatic carbocycles. The molecular weight excluding hydrogens is 142 g/mol. The second-order valence-corrected chi connectivity index (χ2v) is 3.42. The van der Waals surface area contributed by atoms with Crippen molar-refractivity contribution in [3.8, 4) is 0 Å². The van der Waals surface area contributed by atoms with Crippen molar-refractivity contribution < 1.29 is 0 Å². The second-order valence-electron chi connectivity index (χ2n) is 1.89. The van der Waals surface area contributed by atoms with Crippen LogP contribution in [0.15, 0.2) is 0 Å². The molecule has 0 aromatic heterocycles. The van der Waals surface area contributed by atoms with Gasteiger partial charge in [-0.2, -0.15) is 0 Å². The third-order valence-corrected chi connectivity index (χ3v) is 2.25. The number of hydrogen-bond acceptors (Lipinski definition) is 2. The number of thioether (sulfide) groups is 1. The van der Waals surface area contributed by atoms with Gasteiger partial charge in [-0.25, -0.2) is 0 Å². The van der Waals surface area contributed by atoms with E-state index in [1.54, 1.807) is 11.8 Å². The van der Waals surface area contributed by atoms with Gasteiger partial charge < -0.3 is 0 Å². The van der Waals surface area contributed by atoms with E-state index in [0.29, 0.717) is 5.25 Å². The molecule has 1 N–H and O–H groups in total. The number of nitrogens with one attached hydrogen (secondary N) is 1.